The van der Waals surface area contributed by atoms with Gasteiger partial charge in [-0.25, -0.2) is 9.97 Å². The zero-order valence-electron chi connectivity index (χ0n) is 9.32. The van der Waals surface area contributed by atoms with Gasteiger partial charge in [0.25, 0.3) is 0 Å². The molecular weight excluding hydrogens is 192 g/mol. The summed E-state index contributed by atoms with van der Waals surface area (Å²) in [6, 6.07) is 1.79. The van der Waals surface area contributed by atoms with E-state index in [1.807, 2.05) is 13.8 Å². The summed E-state index contributed by atoms with van der Waals surface area (Å²) in [6.45, 7) is 5.63. The summed E-state index contributed by atoms with van der Waals surface area (Å²) < 4.78 is 0. The SMILES string of the molecule is CCc1cc(C(CC)C(=O)O)nc(C)n1. The summed E-state index contributed by atoms with van der Waals surface area (Å²) in [7, 11) is 0. The molecule has 0 bridgehead atoms. The minimum absolute atomic E-state index is 0.517. The Balaban J connectivity index is 3.11. The second-order valence-corrected chi connectivity index (χ2v) is 3.48. The molecule has 0 spiro atoms. The van der Waals surface area contributed by atoms with E-state index in [1.165, 1.54) is 0 Å². The number of aryl methyl sites for hydroxylation is 2. The van der Waals surface area contributed by atoms with Crippen molar-refractivity contribution in [1.82, 2.24) is 9.97 Å². The van der Waals surface area contributed by atoms with Gasteiger partial charge in [0.15, 0.2) is 0 Å². The van der Waals surface area contributed by atoms with E-state index in [0.717, 1.165) is 12.1 Å². The summed E-state index contributed by atoms with van der Waals surface area (Å²) >= 11 is 0. The van der Waals surface area contributed by atoms with Crippen LogP contribution >= 0.6 is 0 Å². The van der Waals surface area contributed by atoms with Crippen LogP contribution in [0.15, 0.2) is 6.07 Å². The molecule has 0 amide bonds. The predicted octanol–water partition coefficient (Wildman–Crippen LogP) is 1.93. The van der Waals surface area contributed by atoms with Crippen molar-refractivity contribution in [3.8, 4) is 0 Å². The summed E-state index contributed by atoms with van der Waals surface area (Å²) in [6.07, 6.45) is 1.35. The molecule has 0 aromatic carbocycles. The Labute approximate surface area is 89.4 Å². The Hall–Kier alpha value is -1.45. The smallest absolute Gasteiger partial charge is 0.312 e. The highest BCUT2D eigenvalue weighted by Crippen LogP contribution is 2.18. The Morgan fingerprint density at radius 1 is 1.47 bits per heavy atom. The number of aromatic nitrogens is 2. The number of nitrogens with zero attached hydrogens (tertiary/aromatic N) is 2. The quantitative estimate of drug-likeness (QED) is 0.821. The molecule has 1 N–H and O–H groups in total. The molecule has 0 fully saturated rings. The fraction of sp³-hybridized carbons (Fsp3) is 0.545. The second-order valence-electron chi connectivity index (χ2n) is 3.48. The molecule has 1 rings (SSSR count). The summed E-state index contributed by atoms with van der Waals surface area (Å²) in [5, 5.41) is 9.02. The van der Waals surface area contributed by atoms with Crippen LogP contribution in [0.5, 0.6) is 0 Å². The molecule has 82 valence electrons. The molecule has 1 unspecified atom stereocenters. The normalized spacial score (nSPS) is 12.5. The fourth-order valence-electron chi connectivity index (χ4n) is 1.52. The monoisotopic (exact) mass is 208 g/mol. The molecule has 4 nitrogen and oxygen atoms in total. The lowest BCUT2D eigenvalue weighted by Crippen LogP contribution is -2.13. The van der Waals surface area contributed by atoms with E-state index in [9.17, 15) is 4.79 Å². The highest BCUT2D eigenvalue weighted by atomic mass is 16.4. The van der Waals surface area contributed by atoms with Crippen LogP contribution in [0, 0.1) is 6.92 Å². The van der Waals surface area contributed by atoms with Crippen LogP contribution < -0.4 is 0 Å². The van der Waals surface area contributed by atoms with Crippen molar-refractivity contribution in [3.63, 3.8) is 0 Å². The third-order valence-electron chi connectivity index (χ3n) is 2.34. The second kappa shape index (κ2) is 4.87. The van der Waals surface area contributed by atoms with Crippen molar-refractivity contribution >= 4 is 5.97 Å². The first-order valence-corrected chi connectivity index (χ1v) is 5.15. The van der Waals surface area contributed by atoms with Gasteiger partial charge < -0.3 is 5.11 Å². The maximum atomic E-state index is 11.0. The van der Waals surface area contributed by atoms with Crippen LogP contribution in [0.25, 0.3) is 0 Å². The maximum absolute atomic E-state index is 11.0. The molecule has 15 heavy (non-hydrogen) atoms. The molecule has 0 saturated carbocycles. The first kappa shape index (κ1) is 11.6. The highest BCUT2D eigenvalue weighted by molar-refractivity contribution is 5.75. The molecule has 0 aliphatic rings. The van der Waals surface area contributed by atoms with Crippen molar-refractivity contribution < 1.29 is 9.90 Å². The Kier molecular flexibility index (Phi) is 3.77. The van der Waals surface area contributed by atoms with Crippen molar-refractivity contribution in [3.05, 3.63) is 23.3 Å². The standard InChI is InChI=1S/C11H16N2O2/c1-4-8-6-10(13-7(3)12-8)9(5-2)11(14)15/h6,9H,4-5H2,1-3H3,(H,14,15). The molecule has 1 aromatic rings. The van der Waals surface area contributed by atoms with Crippen molar-refractivity contribution in [2.24, 2.45) is 0 Å². The van der Waals surface area contributed by atoms with Gasteiger partial charge in [-0.05, 0) is 25.8 Å². The molecule has 1 aromatic heterocycles. The topological polar surface area (TPSA) is 63.1 Å². The summed E-state index contributed by atoms with van der Waals surface area (Å²) in [5.41, 5.74) is 1.52. The number of hydrogen-bond donors (Lipinski definition) is 1. The largest absolute Gasteiger partial charge is 0.481 e. The average Bonchev–Trinajstić information content (AvgIpc) is 2.17. The zero-order valence-corrected chi connectivity index (χ0v) is 9.32. The van der Waals surface area contributed by atoms with Gasteiger partial charge in [0, 0.05) is 5.69 Å². The van der Waals surface area contributed by atoms with Crippen LogP contribution in [-0.2, 0) is 11.2 Å². The molecule has 1 atom stereocenters. The van der Waals surface area contributed by atoms with E-state index in [-0.39, 0.29) is 0 Å². The highest BCUT2D eigenvalue weighted by Gasteiger charge is 2.19. The molecule has 0 saturated heterocycles. The van der Waals surface area contributed by atoms with Crippen molar-refractivity contribution in [2.45, 2.75) is 39.5 Å². The lowest BCUT2D eigenvalue weighted by Gasteiger charge is -2.10. The number of carboxylic acid groups (broad SMARTS) is 1. The Morgan fingerprint density at radius 2 is 2.13 bits per heavy atom. The number of carbonyl (C=O) groups is 1. The van der Waals surface area contributed by atoms with Crippen LogP contribution in [-0.4, -0.2) is 21.0 Å². The maximum Gasteiger partial charge on any atom is 0.312 e. The zero-order chi connectivity index (χ0) is 11.4. The van der Waals surface area contributed by atoms with Gasteiger partial charge in [-0.2, -0.15) is 0 Å². The lowest BCUT2D eigenvalue weighted by molar-refractivity contribution is -0.138. The van der Waals surface area contributed by atoms with Gasteiger partial charge >= 0.3 is 5.97 Å². The van der Waals surface area contributed by atoms with Gasteiger partial charge in [0.1, 0.15) is 5.82 Å². The van der Waals surface area contributed by atoms with Crippen molar-refractivity contribution in [1.29, 1.82) is 0 Å². The Morgan fingerprint density at radius 3 is 2.60 bits per heavy atom. The van der Waals surface area contributed by atoms with Crippen LogP contribution in [0.4, 0.5) is 0 Å². The first-order valence-electron chi connectivity index (χ1n) is 5.15. The summed E-state index contributed by atoms with van der Waals surface area (Å²) in [4.78, 5) is 19.4. The average molecular weight is 208 g/mol. The van der Waals surface area contributed by atoms with Gasteiger partial charge in [-0.15, -0.1) is 0 Å². The molecule has 0 aliphatic carbocycles. The predicted molar refractivity (Wildman–Crippen MR) is 56.8 cm³/mol. The lowest BCUT2D eigenvalue weighted by atomic mass is 10.0. The van der Waals surface area contributed by atoms with E-state index in [0.29, 0.717) is 17.9 Å². The van der Waals surface area contributed by atoms with E-state index < -0.39 is 11.9 Å². The van der Waals surface area contributed by atoms with Crippen LogP contribution in [0.2, 0.25) is 0 Å². The van der Waals surface area contributed by atoms with E-state index in [4.69, 9.17) is 5.11 Å². The van der Waals surface area contributed by atoms with Gasteiger partial charge in [0.05, 0.1) is 11.6 Å². The molecule has 0 aliphatic heterocycles. The first-order chi connectivity index (χ1) is 7.08. The fourth-order valence-corrected chi connectivity index (χ4v) is 1.52. The van der Waals surface area contributed by atoms with E-state index in [2.05, 4.69) is 9.97 Å². The number of aliphatic carboxylic acids is 1. The minimum Gasteiger partial charge on any atom is -0.481 e. The summed E-state index contributed by atoms with van der Waals surface area (Å²) in [5.74, 6) is -0.696. The number of carboxylic acids is 1. The van der Waals surface area contributed by atoms with Crippen LogP contribution in [0.1, 0.15) is 43.4 Å². The molecule has 4 heteroatoms. The van der Waals surface area contributed by atoms with E-state index >= 15 is 0 Å². The molecular formula is C11H16N2O2. The van der Waals surface area contributed by atoms with E-state index in [1.54, 1.807) is 13.0 Å². The molecule has 1 heterocycles. The van der Waals surface area contributed by atoms with Gasteiger partial charge in [-0.3, -0.25) is 4.79 Å². The minimum atomic E-state index is -0.822. The van der Waals surface area contributed by atoms with Crippen molar-refractivity contribution in [2.75, 3.05) is 0 Å². The van der Waals surface area contributed by atoms with Gasteiger partial charge in [-0.1, -0.05) is 13.8 Å². The third kappa shape index (κ3) is 2.75. The van der Waals surface area contributed by atoms with Crippen LogP contribution in [0.3, 0.4) is 0 Å². The third-order valence-corrected chi connectivity index (χ3v) is 2.34. The Bertz CT molecular complexity index is 364. The number of rotatable bonds is 4. The number of hydrogen-bond acceptors (Lipinski definition) is 3. The van der Waals surface area contributed by atoms with Gasteiger partial charge in [0.2, 0.25) is 0 Å². The molecule has 0 radical (unpaired) electrons.